The number of nitrogens with one attached hydrogen (secondary N) is 2. The number of hydrogen-bond acceptors (Lipinski definition) is 6. The molecule has 0 spiro atoms. The quantitative estimate of drug-likeness (QED) is 0.842. The molecule has 3 heterocycles. The molecule has 6 heteroatoms. The van der Waals surface area contributed by atoms with Gasteiger partial charge in [0.05, 0.1) is 9.75 Å². The molecule has 0 fully saturated rings. The molecule has 0 aliphatic carbocycles. The molecule has 3 rings (SSSR count). The van der Waals surface area contributed by atoms with Crippen molar-refractivity contribution < 1.29 is 0 Å². The molecule has 2 aromatic rings. The van der Waals surface area contributed by atoms with Crippen molar-refractivity contribution >= 4 is 34.2 Å². The predicted molar refractivity (Wildman–Crippen MR) is 107 cm³/mol. The van der Waals surface area contributed by atoms with Gasteiger partial charge in [0, 0.05) is 25.5 Å². The summed E-state index contributed by atoms with van der Waals surface area (Å²) < 4.78 is 8.19. The molecule has 24 heavy (non-hydrogen) atoms. The van der Waals surface area contributed by atoms with Crippen molar-refractivity contribution in [1.29, 1.82) is 0 Å². The van der Waals surface area contributed by atoms with E-state index in [2.05, 4.69) is 51.4 Å². The van der Waals surface area contributed by atoms with E-state index in [1.54, 1.807) is 23.1 Å². The fraction of sp³-hybridized carbons (Fsp3) is 0.444. The average molecular weight is 363 g/mol. The van der Waals surface area contributed by atoms with Gasteiger partial charge < -0.3 is 10.6 Å². The Bertz CT molecular complexity index is 643. The minimum absolute atomic E-state index is 0.932. The average Bonchev–Trinajstić information content (AvgIpc) is 3.34. The summed E-state index contributed by atoms with van der Waals surface area (Å²) >= 11 is 3.14. The van der Waals surface area contributed by atoms with Crippen LogP contribution in [-0.2, 0) is 0 Å². The first-order valence-electron chi connectivity index (χ1n) is 8.31. The van der Waals surface area contributed by atoms with Crippen LogP contribution in [0.3, 0.4) is 0 Å². The maximum atomic E-state index is 4.12. The van der Waals surface area contributed by atoms with Crippen molar-refractivity contribution in [2.75, 3.05) is 26.7 Å². The number of nitrogens with zero attached hydrogens (tertiary/aromatic N) is 2. The van der Waals surface area contributed by atoms with Gasteiger partial charge in [-0.1, -0.05) is 18.6 Å². The zero-order valence-corrected chi connectivity index (χ0v) is 16.3. The van der Waals surface area contributed by atoms with Crippen LogP contribution in [0.25, 0.3) is 11.1 Å². The molecule has 2 N–H and O–H groups in total. The molecule has 0 bridgehead atoms. The summed E-state index contributed by atoms with van der Waals surface area (Å²) in [6, 6.07) is 4.15. The maximum Gasteiger partial charge on any atom is 0.0521 e. The minimum atomic E-state index is 0.932. The van der Waals surface area contributed by atoms with Crippen LogP contribution in [-0.4, -0.2) is 35.4 Å². The first kappa shape index (κ1) is 19.0. The second kappa shape index (κ2) is 10.5. The van der Waals surface area contributed by atoms with Gasteiger partial charge in [0.15, 0.2) is 0 Å². The minimum Gasteiger partial charge on any atom is -0.316 e. The summed E-state index contributed by atoms with van der Waals surface area (Å²) in [4.78, 5) is 2.59. The highest BCUT2D eigenvalue weighted by Gasteiger charge is 2.06. The third-order valence-electron chi connectivity index (χ3n) is 3.92. The van der Waals surface area contributed by atoms with E-state index in [0.717, 1.165) is 32.5 Å². The SMILES string of the molecule is C1=C(c2ccns2)CNCC1.CC/C(C)=C(\CNC)c1ccns1. The van der Waals surface area contributed by atoms with Gasteiger partial charge in [-0.2, -0.15) is 0 Å². The molecule has 0 amide bonds. The summed E-state index contributed by atoms with van der Waals surface area (Å²) in [5.74, 6) is 0. The third-order valence-corrected chi connectivity index (χ3v) is 5.54. The van der Waals surface area contributed by atoms with Crippen molar-refractivity contribution in [2.45, 2.75) is 26.7 Å². The second-order valence-corrected chi connectivity index (χ2v) is 7.26. The van der Waals surface area contributed by atoms with Crippen LogP contribution < -0.4 is 10.6 Å². The summed E-state index contributed by atoms with van der Waals surface area (Å²) in [6.07, 6.45) is 8.26. The first-order valence-corrected chi connectivity index (χ1v) is 9.86. The van der Waals surface area contributed by atoms with Gasteiger partial charge in [-0.3, -0.25) is 0 Å². The van der Waals surface area contributed by atoms with Gasteiger partial charge in [0.1, 0.15) is 0 Å². The van der Waals surface area contributed by atoms with Crippen molar-refractivity contribution in [3.8, 4) is 0 Å². The highest BCUT2D eigenvalue weighted by atomic mass is 32.1. The Morgan fingerprint density at radius 1 is 1.25 bits per heavy atom. The summed E-state index contributed by atoms with van der Waals surface area (Å²) in [5, 5.41) is 6.53. The van der Waals surface area contributed by atoms with E-state index in [1.165, 1.54) is 26.5 Å². The standard InChI is InChI=1S/C10H16N2S.C8H10N2S/c1-4-8(2)9(7-11-3)10-5-6-12-13-10;1-2-7(6-9-4-1)8-3-5-10-11-8/h5-6,11H,4,7H2,1-3H3;2-3,5,9H,1,4,6H2/b9-8+;. The van der Waals surface area contributed by atoms with Crippen LogP contribution in [0.2, 0.25) is 0 Å². The van der Waals surface area contributed by atoms with E-state index >= 15 is 0 Å². The molecule has 0 radical (unpaired) electrons. The Morgan fingerprint density at radius 2 is 2.04 bits per heavy atom. The molecule has 1 aliphatic rings. The zero-order chi connectivity index (χ0) is 17.2. The Labute approximate surface area is 153 Å². The van der Waals surface area contributed by atoms with Gasteiger partial charge in [0.2, 0.25) is 0 Å². The third kappa shape index (κ3) is 5.63. The Morgan fingerprint density at radius 3 is 2.58 bits per heavy atom. The number of likely N-dealkylation sites (N-methyl/N-ethyl adjacent to an activating group) is 1. The molecule has 1 aliphatic heterocycles. The topological polar surface area (TPSA) is 49.8 Å². The Hall–Kier alpha value is -1.34. The van der Waals surface area contributed by atoms with Gasteiger partial charge in [-0.25, -0.2) is 8.75 Å². The van der Waals surface area contributed by atoms with Crippen LogP contribution in [0.5, 0.6) is 0 Å². The van der Waals surface area contributed by atoms with Crippen LogP contribution in [0.4, 0.5) is 0 Å². The normalized spacial score (nSPS) is 15.2. The molecule has 4 nitrogen and oxygen atoms in total. The van der Waals surface area contributed by atoms with Crippen molar-refractivity contribution in [3.05, 3.63) is 45.9 Å². The van der Waals surface area contributed by atoms with Crippen LogP contribution in [0.15, 0.2) is 36.2 Å². The zero-order valence-electron chi connectivity index (χ0n) is 14.6. The Balaban J connectivity index is 0.000000175. The summed E-state index contributed by atoms with van der Waals surface area (Å²) in [7, 11) is 1.98. The van der Waals surface area contributed by atoms with Crippen molar-refractivity contribution in [1.82, 2.24) is 19.4 Å². The smallest absolute Gasteiger partial charge is 0.0521 e. The maximum absolute atomic E-state index is 4.12. The van der Waals surface area contributed by atoms with Gasteiger partial charge in [-0.15, -0.1) is 0 Å². The number of aromatic nitrogens is 2. The molecule has 130 valence electrons. The lowest BCUT2D eigenvalue weighted by Gasteiger charge is -2.11. The molecule has 0 aromatic carbocycles. The van der Waals surface area contributed by atoms with Crippen LogP contribution in [0, 0.1) is 0 Å². The molecular weight excluding hydrogens is 336 g/mol. The first-order chi connectivity index (χ1) is 11.8. The molecular formula is C18H26N4S2. The molecule has 2 aromatic heterocycles. The van der Waals surface area contributed by atoms with Crippen LogP contribution in [0.1, 0.15) is 36.4 Å². The van der Waals surface area contributed by atoms with Crippen LogP contribution >= 0.6 is 23.1 Å². The lowest BCUT2D eigenvalue weighted by molar-refractivity contribution is 0.740. The van der Waals surface area contributed by atoms with E-state index in [1.807, 2.05) is 19.4 Å². The lowest BCUT2D eigenvalue weighted by atomic mass is 10.1. The number of rotatable bonds is 5. The van der Waals surface area contributed by atoms with E-state index in [0.29, 0.717) is 0 Å². The van der Waals surface area contributed by atoms with E-state index in [9.17, 15) is 0 Å². The predicted octanol–water partition coefficient (Wildman–Crippen LogP) is 4.07. The number of allylic oxidation sites excluding steroid dienone is 1. The van der Waals surface area contributed by atoms with E-state index in [4.69, 9.17) is 0 Å². The lowest BCUT2D eigenvalue weighted by Crippen LogP contribution is -2.20. The summed E-state index contributed by atoms with van der Waals surface area (Å²) in [6.45, 7) is 7.42. The van der Waals surface area contributed by atoms with Gasteiger partial charge >= 0.3 is 0 Å². The highest BCUT2D eigenvalue weighted by Crippen LogP contribution is 2.22. The fourth-order valence-corrected chi connectivity index (χ4v) is 3.77. The fourth-order valence-electron chi connectivity index (χ4n) is 2.42. The molecule has 0 atom stereocenters. The monoisotopic (exact) mass is 362 g/mol. The number of hydrogen-bond donors (Lipinski definition) is 2. The van der Waals surface area contributed by atoms with Gasteiger partial charge in [-0.05, 0) is 79.7 Å². The second-order valence-electron chi connectivity index (χ2n) is 5.59. The van der Waals surface area contributed by atoms with E-state index < -0.39 is 0 Å². The van der Waals surface area contributed by atoms with Gasteiger partial charge in [0.25, 0.3) is 0 Å². The largest absolute Gasteiger partial charge is 0.316 e. The van der Waals surface area contributed by atoms with Crippen molar-refractivity contribution in [2.24, 2.45) is 0 Å². The van der Waals surface area contributed by atoms with Crippen molar-refractivity contribution in [3.63, 3.8) is 0 Å². The molecule has 0 saturated heterocycles. The molecule has 0 unspecified atom stereocenters. The van der Waals surface area contributed by atoms with E-state index in [-0.39, 0.29) is 0 Å². The molecule has 0 saturated carbocycles. The highest BCUT2D eigenvalue weighted by molar-refractivity contribution is 7.07. The summed E-state index contributed by atoms with van der Waals surface area (Å²) in [5.41, 5.74) is 4.24. The Kier molecular flexibility index (Phi) is 8.32.